The van der Waals surface area contributed by atoms with Gasteiger partial charge in [-0.25, -0.2) is 0 Å². The van der Waals surface area contributed by atoms with Crippen LogP contribution in [0.3, 0.4) is 0 Å². The molecule has 0 aromatic heterocycles. The van der Waals surface area contributed by atoms with Gasteiger partial charge in [-0.05, 0) is 44.7 Å². The van der Waals surface area contributed by atoms with Crippen LogP contribution < -0.4 is 5.32 Å². The molecule has 0 aliphatic heterocycles. The molecule has 1 aromatic rings. The fourth-order valence-electron chi connectivity index (χ4n) is 1.98. The fourth-order valence-corrected chi connectivity index (χ4v) is 1.98. The zero-order chi connectivity index (χ0) is 17.3. The van der Waals surface area contributed by atoms with Gasteiger partial charge >= 0.3 is 5.97 Å². The Morgan fingerprint density at radius 3 is 2.43 bits per heavy atom. The number of benzene rings is 1. The smallest absolute Gasteiger partial charge is 0.303 e. The summed E-state index contributed by atoms with van der Waals surface area (Å²) in [6, 6.07) is 7.94. The average Bonchev–Trinajstić information content (AvgIpc) is 2.47. The molecule has 5 heteroatoms. The lowest BCUT2D eigenvalue weighted by Gasteiger charge is -2.19. The van der Waals surface area contributed by atoms with Gasteiger partial charge in [0.05, 0.1) is 12.2 Å². The number of hydrogen-bond acceptors (Lipinski definition) is 3. The van der Waals surface area contributed by atoms with Crippen LogP contribution in [-0.4, -0.2) is 22.6 Å². The molecule has 0 unspecified atom stereocenters. The molecule has 23 heavy (non-hydrogen) atoms. The van der Waals surface area contributed by atoms with Crippen molar-refractivity contribution in [3.63, 3.8) is 0 Å². The first-order valence-electron chi connectivity index (χ1n) is 7.96. The maximum atomic E-state index is 11.7. The molecular formula is C18H27NO4. The van der Waals surface area contributed by atoms with Gasteiger partial charge in [0, 0.05) is 19.4 Å². The van der Waals surface area contributed by atoms with E-state index in [1.54, 1.807) is 0 Å². The largest absolute Gasteiger partial charge is 0.481 e. The van der Waals surface area contributed by atoms with E-state index in [1.165, 1.54) is 0 Å². The summed E-state index contributed by atoms with van der Waals surface area (Å²) in [5.41, 5.74) is 1.92. The van der Waals surface area contributed by atoms with Gasteiger partial charge in [-0.3, -0.25) is 9.59 Å². The number of unbranched alkanes of at least 4 members (excludes halogenated alkanes) is 1. The molecule has 0 aliphatic rings. The quantitative estimate of drug-likeness (QED) is 0.685. The molecule has 5 nitrogen and oxygen atoms in total. The van der Waals surface area contributed by atoms with Crippen LogP contribution in [0.15, 0.2) is 24.3 Å². The Bertz CT molecular complexity index is 520. The van der Waals surface area contributed by atoms with E-state index >= 15 is 0 Å². The Kier molecular flexibility index (Phi) is 7.75. The molecule has 1 rings (SSSR count). The predicted octanol–water partition coefficient (Wildman–Crippen LogP) is 3.26. The lowest BCUT2D eigenvalue weighted by atomic mass is 10.1. The van der Waals surface area contributed by atoms with Crippen LogP contribution in [0.25, 0.3) is 0 Å². The number of carboxylic acid groups (broad SMARTS) is 1. The molecule has 0 radical (unpaired) electrons. The fraction of sp³-hybridized carbons (Fsp3) is 0.556. The van der Waals surface area contributed by atoms with Crippen molar-refractivity contribution in [1.29, 1.82) is 0 Å². The van der Waals surface area contributed by atoms with E-state index in [2.05, 4.69) is 5.32 Å². The van der Waals surface area contributed by atoms with Crippen molar-refractivity contribution in [2.24, 2.45) is 0 Å². The number of carbonyl (C=O) groups excluding carboxylic acids is 1. The molecule has 0 spiro atoms. The van der Waals surface area contributed by atoms with Gasteiger partial charge in [-0.2, -0.15) is 0 Å². The van der Waals surface area contributed by atoms with E-state index in [0.717, 1.165) is 11.1 Å². The van der Waals surface area contributed by atoms with Crippen molar-refractivity contribution < 1.29 is 19.4 Å². The third-order valence-corrected chi connectivity index (χ3v) is 3.20. The van der Waals surface area contributed by atoms with Crippen molar-refractivity contribution in [3.05, 3.63) is 35.4 Å². The van der Waals surface area contributed by atoms with E-state index in [9.17, 15) is 9.59 Å². The van der Waals surface area contributed by atoms with Gasteiger partial charge in [0.2, 0.25) is 5.91 Å². The third kappa shape index (κ3) is 9.68. The summed E-state index contributed by atoms with van der Waals surface area (Å²) in [5.74, 6) is -0.869. The molecule has 1 aromatic carbocycles. The normalized spacial score (nSPS) is 11.3. The summed E-state index contributed by atoms with van der Waals surface area (Å²) in [6.45, 7) is 7.06. The maximum absolute atomic E-state index is 11.7. The first-order chi connectivity index (χ1) is 10.8. The first-order valence-corrected chi connectivity index (χ1v) is 7.96. The highest BCUT2D eigenvalue weighted by Gasteiger charge is 2.10. The standard InChI is InChI=1S/C18H27NO4/c1-18(2,3)23-13-15-8-6-7-14(11-15)12-19-16(20)9-4-5-10-17(21)22/h6-8,11H,4-5,9-10,12-13H2,1-3H3,(H,19,20)(H,21,22). The second-order valence-corrected chi connectivity index (χ2v) is 6.60. The van der Waals surface area contributed by atoms with Crippen molar-refractivity contribution in [1.82, 2.24) is 5.32 Å². The Labute approximate surface area is 138 Å². The monoisotopic (exact) mass is 321 g/mol. The van der Waals surface area contributed by atoms with E-state index in [4.69, 9.17) is 9.84 Å². The number of carboxylic acids is 1. The Balaban J connectivity index is 2.34. The first kappa shape index (κ1) is 19.2. The Morgan fingerprint density at radius 2 is 1.78 bits per heavy atom. The molecule has 0 heterocycles. The lowest BCUT2D eigenvalue weighted by molar-refractivity contribution is -0.137. The van der Waals surface area contributed by atoms with Gasteiger partial charge in [0.25, 0.3) is 0 Å². The topological polar surface area (TPSA) is 75.6 Å². The SMILES string of the molecule is CC(C)(C)OCc1cccc(CNC(=O)CCCCC(=O)O)c1. The van der Waals surface area contributed by atoms with Gasteiger partial charge < -0.3 is 15.2 Å². The zero-order valence-electron chi connectivity index (χ0n) is 14.2. The van der Waals surface area contributed by atoms with Crippen LogP contribution in [0.5, 0.6) is 0 Å². The molecule has 128 valence electrons. The number of carbonyl (C=O) groups is 2. The summed E-state index contributed by atoms with van der Waals surface area (Å²) in [6.07, 6.45) is 1.60. The van der Waals surface area contributed by atoms with E-state index in [-0.39, 0.29) is 17.9 Å². The second kappa shape index (κ2) is 9.30. The summed E-state index contributed by atoms with van der Waals surface area (Å²) >= 11 is 0. The molecule has 1 amide bonds. The average molecular weight is 321 g/mol. The van der Waals surface area contributed by atoms with Gasteiger partial charge in [0.1, 0.15) is 0 Å². The number of rotatable bonds is 9. The zero-order valence-corrected chi connectivity index (χ0v) is 14.2. The van der Waals surface area contributed by atoms with E-state index < -0.39 is 5.97 Å². The molecule has 0 saturated heterocycles. The number of aliphatic carboxylic acids is 1. The van der Waals surface area contributed by atoms with Crippen LogP contribution in [0, 0.1) is 0 Å². The van der Waals surface area contributed by atoms with Gasteiger partial charge in [0.15, 0.2) is 0 Å². The number of ether oxygens (including phenoxy) is 1. The Morgan fingerprint density at radius 1 is 1.13 bits per heavy atom. The number of amides is 1. The highest BCUT2D eigenvalue weighted by Crippen LogP contribution is 2.13. The third-order valence-electron chi connectivity index (χ3n) is 3.20. The number of hydrogen-bond donors (Lipinski definition) is 2. The minimum atomic E-state index is -0.820. The molecule has 0 aliphatic carbocycles. The summed E-state index contributed by atoms with van der Waals surface area (Å²) in [7, 11) is 0. The second-order valence-electron chi connectivity index (χ2n) is 6.60. The van der Waals surface area contributed by atoms with Crippen LogP contribution in [0.4, 0.5) is 0 Å². The summed E-state index contributed by atoms with van der Waals surface area (Å²) in [4.78, 5) is 22.1. The summed E-state index contributed by atoms with van der Waals surface area (Å²) < 4.78 is 5.75. The van der Waals surface area contributed by atoms with E-state index in [0.29, 0.717) is 32.4 Å². The summed E-state index contributed by atoms with van der Waals surface area (Å²) in [5, 5.41) is 11.4. The van der Waals surface area contributed by atoms with Crippen LogP contribution >= 0.6 is 0 Å². The molecule has 0 fully saturated rings. The molecule has 2 N–H and O–H groups in total. The molecule has 0 saturated carbocycles. The van der Waals surface area contributed by atoms with Gasteiger partial charge in [-0.15, -0.1) is 0 Å². The van der Waals surface area contributed by atoms with Crippen molar-refractivity contribution in [2.45, 2.75) is 65.2 Å². The maximum Gasteiger partial charge on any atom is 0.303 e. The number of nitrogens with one attached hydrogen (secondary N) is 1. The predicted molar refractivity (Wildman–Crippen MR) is 88.9 cm³/mol. The van der Waals surface area contributed by atoms with Gasteiger partial charge in [-0.1, -0.05) is 24.3 Å². The van der Waals surface area contributed by atoms with Crippen LogP contribution in [-0.2, 0) is 27.5 Å². The molecular weight excluding hydrogens is 294 g/mol. The minimum absolute atomic E-state index is 0.0493. The molecule has 0 bridgehead atoms. The van der Waals surface area contributed by atoms with Crippen LogP contribution in [0.1, 0.15) is 57.6 Å². The minimum Gasteiger partial charge on any atom is -0.481 e. The van der Waals surface area contributed by atoms with Crippen molar-refractivity contribution in [3.8, 4) is 0 Å². The van der Waals surface area contributed by atoms with Crippen molar-refractivity contribution >= 4 is 11.9 Å². The highest BCUT2D eigenvalue weighted by atomic mass is 16.5. The molecule has 0 atom stereocenters. The lowest BCUT2D eigenvalue weighted by Crippen LogP contribution is -2.22. The van der Waals surface area contributed by atoms with Crippen LogP contribution in [0.2, 0.25) is 0 Å². The van der Waals surface area contributed by atoms with Crippen molar-refractivity contribution in [2.75, 3.05) is 0 Å². The van der Waals surface area contributed by atoms with E-state index in [1.807, 2.05) is 45.0 Å². The highest BCUT2D eigenvalue weighted by molar-refractivity contribution is 5.75. The Hall–Kier alpha value is -1.88.